The highest BCUT2D eigenvalue weighted by molar-refractivity contribution is 5.76. The third-order valence-corrected chi connectivity index (χ3v) is 5.88. The Morgan fingerprint density at radius 1 is 0.649 bits per heavy atom. The Morgan fingerprint density at radius 3 is 1.68 bits per heavy atom. The van der Waals surface area contributed by atoms with Crippen LogP contribution in [-0.2, 0) is 4.79 Å². The number of unbranched alkanes of at least 4 members (excludes halogenated alkanes) is 10. The van der Waals surface area contributed by atoms with Crippen molar-refractivity contribution in [3.63, 3.8) is 0 Å². The Kier molecular flexibility index (Phi) is 26.4. The van der Waals surface area contributed by atoms with E-state index < -0.39 is 18.1 Å². The summed E-state index contributed by atoms with van der Waals surface area (Å²) in [5.74, 6) is -0.520. The lowest BCUT2D eigenvalue weighted by Gasteiger charge is -2.01. The molecule has 0 fully saturated rings. The van der Waals surface area contributed by atoms with Gasteiger partial charge in [0, 0.05) is 11.6 Å². The lowest BCUT2D eigenvalue weighted by molar-refractivity contribution is -0.118. The van der Waals surface area contributed by atoms with Crippen LogP contribution < -0.4 is 0 Å². The number of nitrogens with zero attached hydrogens (tertiary/aromatic N) is 1. The zero-order valence-electron chi connectivity index (χ0n) is 23.1. The number of aliphatic hydroxyl groups is 2. The van der Waals surface area contributed by atoms with Gasteiger partial charge in [0.1, 0.15) is 0 Å². The molecule has 37 heavy (non-hydrogen) atoms. The zero-order chi connectivity index (χ0) is 27.2. The average molecular weight is 514 g/mol. The van der Waals surface area contributed by atoms with Gasteiger partial charge >= 0.3 is 0 Å². The van der Waals surface area contributed by atoms with Gasteiger partial charge in [0.05, 0.1) is 12.2 Å². The van der Waals surface area contributed by atoms with Gasteiger partial charge in [0.2, 0.25) is 0 Å². The number of hydrogen-bond donors (Lipinski definition) is 2. The molecule has 0 aromatic heterocycles. The van der Waals surface area contributed by atoms with Crippen LogP contribution >= 0.6 is 0 Å². The van der Waals surface area contributed by atoms with E-state index in [-0.39, 0.29) is 0 Å². The minimum Gasteiger partial charge on any atom is -0.389 e. The number of allylic oxidation sites excluding steroid dienone is 8. The van der Waals surface area contributed by atoms with Gasteiger partial charge in [-0.15, -0.1) is 4.91 Å². The monoisotopic (exact) mass is 513 g/mol. The summed E-state index contributed by atoms with van der Waals surface area (Å²) < 4.78 is 0. The first kappa shape index (κ1) is 34.6. The quantitative estimate of drug-likeness (QED) is 0.0585. The molecule has 5 nitrogen and oxygen atoms in total. The summed E-state index contributed by atoms with van der Waals surface area (Å²) in [5.41, 5.74) is 0. The van der Waals surface area contributed by atoms with Gasteiger partial charge in [-0.1, -0.05) is 131 Å². The molecule has 0 aromatic rings. The molecule has 0 radical (unpaired) electrons. The summed E-state index contributed by atoms with van der Waals surface area (Å²) in [6.45, 7) is 2.07. The molecule has 1 amide bonds. The van der Waals surface area contributed by atoms with Crippen molar-refractivity contribution in [3.8, 4) is 0 Å². The van der Waals surface area contributed by atoms with Crippen LogP contribution in [0.25, 0.3) is 0 Å². The van der Waals surface area contributed by atoms with Crippen LogP contribution in [0.4, 0.5) is 0 Å². The molecule has 0 rings (SSSR count). The Bertz CT molecular complexity index is 718. The average Bonchev–Trinajstić information content (AvgIpc) is 2.89. The van der Waals surface area contributed by atoms with Crippen LogP contribution in [0.1, 0.15) is 110 Å². The Hall–Kier alpha value is -2.37. The number of hydrogen-bond acceptors (Lipinski definition) is 4. The van der Waals surface area contributed by atoms with E-state index in [1.54, 1.807) is 12.2 Å². The third kappa shape index (κ3) is 28.1. The highest BCUT2D eigenvalue weighted by Crippen LogP contribution is 2.12. The standard InChI is InChI=1S/C32H51NO4/c1-2-3-20-25-30(34)27-22-18-19-23-28-31(35)26-21-16-14-12-10-8-6-4-5-7-9-11-13-15-17-24-29-32(36)33-37/h3,10,12,16,18-23,27-28,30-31,34-35H,2,4-9,11,13-15,17,24-26,29H2,1H3/b12-10-,19-18+,20-3-,21-16-,27-22-,28-23+/t30-,31?/m0/s1. The summed E-state index contributed by atoms with van der Waals surface area (Å²) in [6, 6.07) is 0. The highest BCUT2D eigenvalue weighted by Gasteiger charge is 1.99. The summed E-state index contributed by atoms with van der Waals surface area (Å²) in [4.78, 5) is 20.8. The first-order valence-electron chi connectivity index (χ1n) is 14.3. The van der Waals surface area contributed by atoms with Gasteiger partial charge < -0.3 is 10.2 Å². The van der Waals surface area contributed by atoms with E-state index in [1.165, 1.54) is 44.9 Å². The van der Waals surface area contributed by atoms with Gasteiger partial charge in [-0.05, 0) is 44.9 Å². The second kappa shape index (κ2) is 28.2. The maximum Gasteiger partial charge on any atom is 0.286 e. The third-order valence-electron chi connectivity index (χ3n) is 5.88. The fourth-order valence-electron chi connectivity index (χ4n) is 3.70. The maximum absolute atomic E-state index is 10.8. The zero-order valence-corrected chi connectivity index (χ0v) is 23.1. The largest absolute Gasteiger partial charge is 0.389 e. The number of nitroso groups, excluding NO2 is 1. The minimum absolute atomic E-state index is 0.303. The first-order valence-corrected chi connectivity index (χ1v) is 14.3. The van der Waals surface area contributed by atoms with Crippen LogP contribution in [-0.4, -0.2) is 28.3 Å². The Labute approximate surface area is 225 Å². The van der Waals surface area contributed by atoms with Crippen molar-refractivity contribution in [1.29, 1.82) is 0 Å². The van der Waals surface area contributed by atoms with Gasteiger partial charge in [0.15, 0.2) is 0 Å². The van der Waals surface area contributed by atoms with Crippen LogP contribution in [0, 0.1) is 4.91 Å². The maximum atomic E-state index is 10.8. The topological polar surface area (TPSA) is 87.0 Å². The lowest BCUT2D eigenvalue weighted by Crippen LogP contribution is -1.98. The van der Waals surface area contributed by atoms with E-state index in [4.69, 9.17) is 0 Å². The van der Waals surface area contributed by atoms with Crippen LogP contribution in [0.2, 0.25) is 0 Å². The molecular formula is C32H51NO4. The minimum atomic E-state index is -0.520. The fourth-order valence-corrected chi connectivity index (χ4v) is 3.70. The van der Waals surface area contributed by atoms with Crippen LogP contribution in [0.5, 0.6) is 0 Å². The summed E-state index contributed by atoms with van der Waals surface area (Å²) in [7, 11) is 0. The van der Waals surface area contributed by atoms with Crippen molar-refractivity contribution < 1.29 is 15.0 Å². The molecule has 0 bridgehead atoms. The van der Waals surface area contributed by atoms with E-state index in [0.717, 1.165) is 38.5 Å². The highest BCUT2D eigenvalue weighted by atomic mass is 16.3. The van der Waals surface area contributed by atoms with Crippen molar-refractivity contribution in [2.24, 2.45) is 5.18 Å². The van der Waals surface area contributed by atoms with E-state index >= 15 is 0 Å². The van der Waals surface area contributed by atoms with Crippen LogP contribution in [0.3, 0.4) is 0 Å². The van der Waals surface area contributed by atoms with E-state index in [1.807, 2.05) is 42.5 Å². The van der Waals surface area contributed by atoms with Crippen molar-refractivity contribution in [2.45, 2.75) is 122 Å². The Balaban J connectivity index is 3.57. The van der Waals surface area contributed by atoms with E-state index in [2.05, 4.69) is 30.3 Å². The Morgan fingerprint density at radius 2 is 1.14 bits per heavy atom. The van der Waals surface area contributed by atoms with Gasteiger partial charge in [0.25, 0.3) is 5.91 Å². The summed E-state index contributed by atoms with van der Waals surface area (Å²) in [6.07, 6.45) is 38.9. The molecule has 0 aromatic carbocycles. The number of rotatable bonds is 24. The van der Waals surface area contributed by atoms with Crippen molar-refractivity contribution in [3.05, 3.63) is 77.8 Å². The number of carbonyl (C=O) groups excluding carboxylic acids is 1. The van der Waals surface area contributed by atoms with Crippen molar-refractivity contribution in [2.75, 3.05) is 0 Å². The van der Waals surface area contributed by atoms with E-state index in [0.29, 0.717) is 19.3 Å². The van der Waals surface area contributed by atoms with Crippen molar-refractivity contribution >= 4 is 5.91 Å². The van der Waals surface area contributed by atoms with Crippen molar-refractivity contribution in [1.82, 2.24) is 0 Å². The number of amides is 1. The molecule has 2 N–H and O–H groups in total. The smallest absolute Gasteiger partial charge is 0.286 e. The van der Waals surface area contributed by atoms with E-state index in [9.17, 15) is 19.9 Å². The normalized spacial score (nSPS) is 14.4. The second-order valence-corrected chi connectivity index (χ2v) is 9.38. The molecule has 0 spiro atoms. The first-order chi connectivity index (χ1) is 18.1. The second-order valence-electron chi connectivity index (χ2n) is 9.38. The molecule has 0 aliphatic heterocycles. The van der Waals surface area contributed by atoms with Gasteiger partial charge in [-0.3, -0.25) is 4.79 Å². The summed E-state index contributed by atoms with van der Waals surface area (Å²) in [5, 5.41) is 22.2. The molecule has 0 saturated heterocycles. The van der Waals surface area contributed by atoms with Gasteiger partial charge in [-0.2, -0.15) is 0 Å². The molecule has 5 heteroatoms. The molecule has 2 atom stereocenters. The number of aliphatic hydroxyl groups excluding tert-OH is 2. The predicted molar refractivity (Wildman–Crippen MR) is 157 cm³/mol. The molecule has 0 aliphatic rings. The number of carbonyl (C=O) groups is 1. The summed E-state index contributed by atoms with van der Waals surface area (Å²) >= 11 is 0. The molecule has 1 unspecified atom stereocenters. The molecule has 208 valence electrons. The lowest BCUT2D eigenvalue weighted by atomic mass is 10.0. The molecule has 0 heterocycles. The molecule has 0 aliphatic carbocycles. The molecular weight excluding hydrogens is 462 g/mol. The SMILES string of the molecule is CC/C=C\C[C@H](O)\C=C/C=C/C=C/C(O)C/C=C\C/C=C\CCCCCCCCCCCCC(=O)N=O. The fraction of sp³-hybridized carbons (Fsp3) is 0.594. The van der Waals surface area contributed by atoms with Crippen LogP contribution in [0.15, 0.2) is 78.1 Å². The predicted octanol–water partition coefficient (Wildman–Crippen LogP) is 8.60. The molecule has 0 saturated carbocycles. The van der Waals surface area contributed by atoms with Gasteiger partial charge in [-0.25, -0.2) is 0 Å².